The highest BCUT2D eigenvalue weighted by atomic mass is 16.3. The van der Waals surface area contributed by atoms with Crippen LogP contribution < -0.4 is 16.4 Å². The van der Waals surface area contributed by atoms with E-state index < -0.39 is 5.91 Å². The van der Waals surface area contributed by atoms with Crippen molar-refractivity contribution in [2.24, 2.45) is 5.73 Å². The molecule has 0 spiro atoms. The number of nitrogens with two attached hydrogens (primary N) is 2. The van der Waals surface area contributed by atoms with E-state index in [2.05, 4.69) is 13.8 Å². The Hall–Kier alpha value is -1.75. The standard InChI is InChI=1S/C14H23N3O2/c1-3-11(4-2)17(7-8-18)13-9-10(14(16)19)5-6-12(13)15/h5-6,9,11,18H,3-4,7-8,15H2,1-2H3,(H2,16,19). The highest BCUT2D eigenvalue weighted by Gasteiger charge is 2.18. The number of carbonyl (C=O) groups excluding carboxylic acids is 1. The van der Waals surface area contributed by atoms with Crippen molar-refractivity contribution in [3.63, 3.8) is 0 Å². The summed E-state index contributed by atoms with van der Waals surface area (Å²) in [6.45, 7) is 4.70. The fourth-order valence-corrected chi connectivity index (χ4v) is 2.28. The Bertz CT molecular complexity index is 431. The van der Waals surface area contributed by atoms with Crippen LogP contribution in [-0.4, -0.2) is 30.2 Å². The molecule has 5 heteroatoms. The Kier molecular flexibility index (Phi) is 5.63. The smallest absolute Gasteiger partial charge is 0.248 e. The van der Waals surface area contributed by atoms with Crippen LogP contribution in [0.25, 0.3) is 0 Å². The maximum Gasteiger partial charge on any atom is 0.248 e. The van der Waals surface area contributed by atoms with E-state index in [0.717, 1.165) is 18.5 Å². The van der Waals surface area contributed by atoms with E-state index in [1.54, 1.807) is 18.2 Å². The summed E-state index contributed by atoms with van der Waals surface area (Å²) in [4.78, 5) is 13.3. The van der Waals surface area contributed by atoms with Crippen LogP contribution >= 0.6 is 0 Å². The molecule has 5 nitrogen and oxygen atoms in total. The van der Waals surface area contributed by atoms with Crippen molar-refractivity contribution in [2.45, 2.75) is 32.7 Å². The lowest BCUT2D eigenvalue weighted by Gasteiger charge is -2.33. The second-order valence-electron chi connectivity index (χ2n) is 4.53. The van der Waals surface area contributed by atoms with E-state index in [1.165, 1.54) is 0 Å². The van der Waals surface area contributed by atoms with Crippen LogP contribution in [0.2, 0.25) is 0 Å². The SMILES string of the molecule is CCC(CC)N(CCO)c1cc(C(N)=O)ccc1N. The summed E-state index contributed by atoms with van der Waals surface area (Å²) in [5.74, 6) is -0.477. The Morgan fingerprint density at radius 1 is 1.37 bits per heavy atom. The number of primary amides is 1. The summed E-state index contributed by atoms with van der Waals surface area (Å²) in [7, 11) is 0. The first-order valence-electron chi connectivity index (χ1n) is 6.61. The first-order chi connectivity index (χ1) is 9.04. The average molecular weight is 265 g/mol. The third-order valence-electron chi connectivity index (χ3n) is 3.35. The highest BCUT2D eigenvalue weighted by Crippen LogP contribution is 2.28. The molecule has 0 radical (unpaired) electrons. The van der Waals surface area contributed by atoms with Crippen LogP contribution in [0.5, 0.6) is 0 Å². The molecule has 0 unspecified atom stereocenters. The fourth-order valence-electron chi connectivity index (χ4n) is 2.28. The molecule has 1 amide bonds. The molecule has 0 aliphatic carbocycles. The summed E-state index contributed by atoms with van der Waals surface area (Å²) in [6, 6.07) is 5.27. The Morgan fingerprint density at radius 2 is 2.00 bits per heavy atom. The second kappa shape index (κ2) is 6.99. The average Bonchev–Trinajstić information content (AvgIpc) is 2.39. The van der Waals surface area contributed by atoms with Gasteiger partial charge in [0.05, 0.1) is 18.0 Å². The quantitative estimate of drug-likeness (QED) is 0.649. The van der Waals surface area contributed by atoms with Gasteiger partial charge in [-0.1, -0.05) is 13.8 Å². The molecular formula is C14H23N3O2. The Balaban J connectivity index is 3.20. The Labute approximate surface area is 114 Å². The molecule has 0 atom stereocenters. The molecular weight excluding hydrogens is 242 g/mol. The highest BCUT2D eigenvalue weighted by molar-refractivity contribution is 5.95. The molecule has 0 fully saturated rings. The summed E-state index contributed by atoms with van der Waals surface area (Å²) >= 11 is 0. The summed E-state index contributed by atoms with van der Waals surface area (Å²) in [6.07, 6.45) is 1.88. The van der Waals surface area contributed by atoms with E-state index in [0.29, 0.717) is 17.8 Å². The van der Waals surface area contributed by atoms with Crippen LogP contribution in [0, 0.1) is 0 Å². The predicted molar refractivity (Wildman–Crippen MR) is 78.2 cm³/mol. The number of aliphatic hydroxyl groups is 1. The van der Waals surface area contributed by atoms with E-state index in [-0.39, 0.29) is 12.6 Å². The van der Waals surface area contributed by atoms with Crippen LogP contribution in [0.3, 0.4) is 0 Å². The number of aliphatic hydroxyl groups excluding tert-OH is 1. The molecule has 0 aliphatic rings. The van der Waals surface area contributed by atoms with Gasteiger partial charge in [0.1, 0.15) is 0 Å². The number of nitrogens with zero attached hydrogens (tertiary/aromatic N) is 1. The largest absolute Gasteiger partial charge is 0.397 e. The normalized spacial score (nSPS) is 10.7. The molecule has 1 rings (SSSR count). The van der Waals surface area contributed by atoms with Gasteiger partial charge in [-0.3, -0.25) is 4.79 Å². The van der Waals surface area contributed by atoms with Gasteiger partial charge < -0.3 is 21.5 Å². The Morgan fingerprint density at radius 3 is 2.47 bits per heavy atom. The second-order valence-corrected chi connectivity index (χ2v) is 4.53. The number of hydrogen-bond donors (Lipinski definition) is 3. The zero-order chi connectivity index (χ0) is 14.4. The van der Waals surface area contributed by atoms with E-state index >= 15 is 0 Å². The molecule has 0 saturated carbocycles. The van der Waals surface area contributed by atoms with Gasteiger partial charge in [-0.2, -0.15) is 0 Å². The molecule has 0 saturated heterocycles. The molecule has 1 aromatic carbocycles. The minimum Gasteiger partial charge on any atom is -0.397 e. The fraction of sp³-hybridized carbons (Fsp3) is 0.500. The van der Waals surface area contributed by atoms with Gasteiger partial charge in [-0.15, -0.1) is 0 Å². The molecule has 0 bridgehead atoms. The van der Waals surface area contributed by atoms with Gasteiger partial charge in [0.15, 0.2) is 0 Å². The van der Waals surface area contributed by atoms with Crippen molar-refractivity contribution in [3.05, 3.63) is 23.8 Å². The summed E-state index contributed by atoms with van der Waals surface area (Å²) in [5.41, 5.74) is 13.1. The first-order valence-corrected chi connectivity index (χ1v) is 6.61. The van der Waals surface area contributed by atoms with Gasteiger partial charge in [0.25, 0.3) is 0 Å². The van der Waals surface area contributed by atoms with E-state index in [9.17, 15) is 9.90 Å². The number of benzene rings is 1. The number of nitrogen functional groups attached to an aromatic ring is 1. The number of carbonyl (C=O) groups is 1. The van der Waals surface area contributed by atoms with Crippen molar-refractivity contribution in [1.82, 2.24) is 0 Å². The van der Waals surface area contributed by atoms with E-state index in [4.69, 9.17) is 11.5 Å². The van der Waals surface area contributed by atoms with Crippen LogP contribution in [0.15, 0.2) is 18.2 Å². The molecule has 19 heavy (non-hydrogen) atoms. The van der Waals surface area contributed by atoms with Crippen molar-refractivity contribution in [1.29, 1.82) is 0 Å². The zero-order valence-corrected chi connectivity index (χ0v) is 11.6. The monoisotopic (exact) mass is 265 g/mol. The third-order valence-corrected chi connectivity index (χ3v) is 3.35. The molecule has 0 heterocycles. The molecule has 5 N–H and O–H groups in total. The predicted octanol–water partition coefficient (Wildman–Crippen LogP) is 1.36. The van der Waals surface area contributed by atoms with Crippen molar-refractivity contribution in [2.75, 3.05) is 23.8 Å². The van der Waals surface area contributed by atoms with Gasteiger partial charge in [0, 0.05) is 18.2 Å². The number of amides is 1. The lowest BCUT2D eigenvalue weighted by Crippen LogP contribution is -2.37. The van der Waals surface area contributed by atoms with Crippen molar-refractivity contribution < 1.29 is 9.90 Å². The van der Waals surface area contributed by atoms with Gasteiger partial charge >= 0.3 is 0 Å². The van der Waals surface area contributed by atoms with Gasteiger partial charge in [-0.05, 0) is 31.0 Å². The summed E-state index contributed by atoms with van der Waals surface area (Å²) in [5, 5.41) is 9.23. The maximum absolute atomic E-state index is 11.3. The lowest BCUT2D eigenvalue weighted by atomic mass is 10.1. The minimum absolute atomic E-state index is 0.0384. The number of hydrogen-bond acceptors (Lipinski definition) is 4. The lowest BCUT2D eigenvalue weighted by molar-refractivity contribution is 0.100. The molecule has 0 aromatic heterocycles. The zero-order valence-electron chi connectivity index (χ0n) is 11.6. The number of anilines is 2. The molecule has 0 aliphatic heterocycles. The molecule has 106 valence electrons. The van der Waals surface area contributed by atoms with Crippen LogP contribution in [-0.2, 0) is 0 Å². The van der Waals surface area contributed by atoms with Gasteiger partial charge in [0.2, 0.25) is 5.91 Å². The summed E-state index contributed by atoms with van der Waals surface area (Å²) < 4.78 is 0. The van der Waals surface area contributed by atoms with Crippen molar-refractivity contribution in [3.8, 4) is 0 Å². The van der Waals surface area contributed by atoms with E-state index in [1.807, 2.05) is 4.90 Å². The van der Waals surface area contributed by atoms with Crippen LogP contribution in [0.1, 0.15) is 37.0 Å². The topological polar surface area (TPSA) is 92.6 Å². The number of rotatable bonds is 7. The van der Waals surface area contributed by atoms with Crippen LogP contribution in [0.4, 0.5) is 11.4 Å². The first kappa shape index (κ1) is 15.3. The van der Waals surface area contributed by atoms with Gasteiger partial charge in [-0.25, -0.2) is 0 Å². The molecule has 1 aromatic rings. The third kappa shape index (κ3) is 3.61. The maximum atomic E-state index is 11.3. The van der Waals surface area contributed by atoms with Crippen molar-refractivity contribution >= 4 is 17.3 Å². The minimum atomic E-state index is -0.477.